The summed E-state index contributed by atoms with van der Waals surface area (Å²) in [4.78, 5) is 15.2. The van der Waals surface area contributed by atoms with Crippen molar-refractivity contribution in [2.45, 2.75) is 32.4 Å². The van der Waals surface area contributed by atoms with Gasteiger partial charge in [0.05, 0.1) is 19.3 Å². The Balaban J connectivity index is 2.23. The first-order chi connectivity index (χ1) is 10.3. The number of morpholine rings is 1. The van der Waals surface area contributed by atoms with Gasteiger partial charge in [-0.3, -0.25) is 0 Å². The largest absolute Gasteiger partial charge is 0.383 e. The van der Waals surface area contributed by atoms with Gasteiger partial charge in [-0.05, 0) is 32.4 Å². The molecule has 120 valence electrons. The molecule has 1 aliphatic rings. The number of anilines is 1. The summed E-state index contributed by atoms with van der Waals surface area (Å²) in [6, 6.07) is 0.184. The molecule has 1 N–H and O–H groups in total. The van der Waals surface area contributed by atoms with E-state index < -0.39 is 5.60 Å². The van der Waals surface area contributed by atoms with E-state index in [-0.39, 0.29) is 11.3 Å². The van der Waals surface area contributed by atoms with E-state index >= 15 is 0 Å². The average Bonchev–Trinajstić information content (AvgIpc) is 2.75. The van der Waals surface area contributed by atoms with Crippen LogP contribution in [0, 0.1) is 0 Å². The van der Waals surface area contributed by atoms with E-state index in [0.29, 0.717) is 24.7 Å². The van der Waals surface area contributed by atoms with Gasteiger partial charge in [0.25, 0.3) is 0 Å². The van der Waals surface area contributed by atoms with Crippen LogP contribution >= 0.6 is 11.6 Å². The predicted molar refractivity (Wildman–Crippen MR) is 84.2 cm³/mol. The highest BCUT2D eigenvalue weighted by molar-refractivity contribution is 6.28. The number of fused-ring (bicyclic) bond motifs is 1. The Morgan fingerprint density at radius 2 is 2.05 bits per heavy atom. The number of rotatable bonds is 2. The summed E-state index contributed by atoms with van der Waals surface area (Å²) >= 11 is 6.07. The third kappa shape index (κ3) is 2.53. The van der Waals surface area contributed by atoms with Crippen LogP contribution in [0.25, 0.3) is 11.2 Å². The van der Waals surface area contributed by atoms with Gasteiger partial charge in [-0.2, -0.15) is 9.97 Å². The highest BCUT2D eigenvalue weighted by Gasteiger charge is 2.29. The third-order valence-corrected chi connectivity index (χ3v) is 4.04. The molecule has 22 heavy (non-hydrogen) atoms. The molecule has 0 aromatic carbocycles. The topological polar surface area (TPSA) is 76.3 Å². The second-order valence-electron chi connectivity index (χ2n) is 6.16. The quantitative estimate of drug-likeness (QED) is 0.843. The summed E-state index contributed by atoms with van der Waals surface area (Å²) in [7, 11) is 1.86. The van der Waals surface area contributed by atoms with E-state index in [9.17, 15) is 5.11 Å². The molecule has 0 amide bonds. The molecule has 1 unspecified atom stereocenters. The van der Waals surface area contributed by atoms with Gasteiger partial charge in [0.2, 0.25) is 5.28 Å². The van der Waals surface area contributed by atoms with E-state index in [1.165, 1.54) is 0 Å². The molecule has 7 nitrogen and oxygen atoms in total. The SMILES string of the molecule is CC1COCCN1c1nc(Cl)nc2nc(C(C)(C)O)n(C)c12. The van der Waals surface area contributed by atoms with Crippen molar-refractivity contribution in [1.82, 2.24) is 19.5 Å². The molecule has 8 heteroatoms. The molecule has 3 rings (SSSR count). The van der Waals surface area contributed by atoms with Crippen LogP contribution < -0.4 is 4.90 Å². The van der Waals surface area contributed by atoms with Crippen molar-refractivity contribution in [3.8, 4) is 0 Å². The molecule has 0 saturated carbocycles. The van der Waals surface area contributed by atoms with Crippen molar-refractivity contribution >= 4 is 28.6 Å². The molecule has 1 aliphatic heterocycles. The standard InChI is InChI=1S/C14H20ClN5O2/c1-8-7-22-6-5-20(8)11-9-10(17-13(15)18-11)16-12(19(9)4)14(2,3)21/h8,21H,5-7H2,1-4H3. The Morgan fingerprint density at radius 1 is 1.32 bits per heavy atom. The fourth-order valence-corrected chi connectivity index (χ4v) is 3.01. The maximum Gasteiger partial charge on any atom is 0.226 e. The minimum absolute atomic E-state index is 0.154. The lowest BCUT2D eigenvalue weighted by Crippen LogP contribution is -2.44. The molecule has 1 fully saturated rings. The molecule has 0 aliphatic carbocycles. The molecule has 0 spiro atoms. The summed E-state index contributed by atoms with van der Waals surface area (Å²) in [5.74, 6) is 1.26. The highest BCUT2D eigenvalue weighted by Crippen LogP contribution is 2.31. The first kappa shape index (κ1) is 15.5. The van der Waals surface area contributed by atoms with E-state index in [0.717, 1.165) is 17.9 Å². The minimum atomic E-state index is -1.07. The molecular formula is C14H20ClN5O2. The highest BCUT2D eigenvalue weighted by atomic mass is 35.5. The molecule has 3 heterocycles. The molecule has 0 radical (unpaired) electrons. The summed E-state index contributed by atoms with van der Waals surface area (Å²) in [5.41, 5.74) is 0.194. The van der Waals surface area contributed by atoms with Crippen LogP contribution in [-0.2, 0) is 17.4 Å². The van der Waals surface area contributed by atoms with Crippen LogP contribution in [0.4, 0.5) is 5.82 Å². The van der Waals surface area contributed by atoms with Crippen LogP contribution in [0.3, 0.4) is 0 Å². The number of hydrogen-bond donors (Lipinski definition) is 1. The van der Waals surface area contributed by atoms with E-state index in [4.69, 9.17) is 16.3 Å². The molecule has 2 aromatic heterocycles. The van der Waals surface area contributed by atoms with E-state index in [1.54, 1.807) is 13.8 Å². The number of aliphatic hydroxyl groups is 1. The number of halogens is 1. The van der Waals surface area contributed by atoms with Crippen molar-refractivity contribution in [2.75, 3.05) is 24.7 Å². The second-order valence-corrected chi connectivity index (χ2v) is 6.50. The summed E-state index contributed by atoms with van der Waals surface area (Å²) in [6.07, 6.45) is 0. The van der Waals surface area contributed by atoms with E-state index in [2.05, 4.69) is 26.8 Å². The lowest BCUT2D eigenvalue weighted by molar-refractivity contribution is 0.0663. The van der Waals surface area contributed by atoms with Gasteiger partial charge in [-0.15, -0.1) is 0 Å². The zero-order valence-corrected chi connectivity index (χ0v) is 13.9. The lowest BCUT2D eigenvalue weighted by atomic mass is 10.1. The molecule has 1 saturated heterocycles. The Bertz CT molecular complexity index is 709. The van der Waals surface area contributed by atoms with Crippen molar-refractivity contribution in [2.24, 2.45) is 7.05 Å². The molecule has 2 aromatic rings. The van der Waals surface area contributed by atoms with Crippen LogP contribution in [0.5, 0.6) is 0 Å². The van der Waals surface area contributed by atoms with Crippen molar-refractivity contribution in [1.29, 1.82) is 0 Å². The van der Waals surface area contributed by atoms with Crippen LogP contribution in [-0.4, -0.2) is 50.4 Å². The normalized spacial score (nSPS) is 19.9. The first-order valence-electron chi connectivity index (χ1n) is 7.26. The number of aromatic nitrogens is 4. The van der Waals surface area contributed by atoms with Crippen LogP contribution in [0.1, 0.15) is 26.6 Å². The fraction of sp³-hybridized carbons (Fsp3) is 0.643. The summed E-state index contributed by atoms with van der Waals surface area (Å²) in [5, 5.41) is 10.4. The minimum Gasteiger partial charge on any atom is -0.383 e. The fourth-order valence-electron chi connectivity index (χ4n) is 2.85. The second kappa shape index (κ2) is 5.33. The number of hydrogen-bond acceptors (Lipinski definition) is 6. The summed E-state index contributed by atoms with van der Waals surface area (Å²) in [6.45, 7) is 7.48. The number of ether oxygens (including phenoxy) is 1. The Kier molecular flexibility index (Phi) is 3.74. The maximum absolute atomic E-state index is 10.3. The average molecular weight is 326 g/mol. The number of nitrogens with zero attached hydrogens (tertiary/aromatic N) is 5. The summed E-state index contributed by atoms with van der Waals surface area (Å²) < 4.78 is 7.32. The van der Waals surface area contributed by atoms with Gasteiger partial charge in [-0.1, -0.05) is 0 Å². The zero-order valence-electron chi connectivity index (χ0n) is 13.2. The van der Waals surface area contributed by atoms with Crippen molar-refractivity contribution in [3.05, 3.63) is 11.1 Å². The van der Waals surface area contributed by atoms with Crippen LogP contribution in [0.15, 0.2) is 0 Å². The first-order valence-corrected chi connectivity index (χ1v) is 7.64. The van der Waals surface area contributed by atoms with Gasteiger partial charge in [0, 0.05) is 13.6 Å². The molecule has 1 atom stereocenters. The van der Waals surface area contributed by atoms with Crippen molar-refractivity contribution in [3.63, 3.8) is 0 Å². The zero-order chi connectivity index (χ0) is 16.1. The van der Waals surface area contributed by atoms with Gasteiger partial charge >= 0.3 is 0 Å². The van der Waals surface area contributed by atoms with E-state index in [1.807, 2.05) is 11.6 Å². The molecule has 0 bridgehead atoms. The van der Waals surface area contributed by atoms with Gasteiger partial charge < -0.3 is 19.3 Å². The lowest BCUT2D eigenvalue weighted by Gasteiger charge is -2.34. The Morgan fingerprint density at radius 3 is 2.68 bits per heavy atom. The van der Waals surface area contributed by atoms with Crippen molar-refractivity contribution < 1.29 is 9.84 Å². The molecular weight excluding hydrogens is 306 g/mol. The maximum atomic E-state index is 10.3. The van der Waals surface area contributed by atoms with Gasteiger partial charge in [0.1, 0.15) is 16.9 Å². The van der Waals surface area contributed by atoms with Gasteiger partial charge in [-0.25, -0.2) is 4.98 Å². The monoisotopic (exact) mass is 325 g/mol. The van der Waals surface area contributed by atoms with Crippen LogP contribution in [0.2, 0.25) is 5.28 Å². The predicted octanol–water partition coefficient (Wildman–Crippen LogP) is 1.47. The smallest absolute Gasteiger partial charge is 0.226 e. The Labute approximate surface area is 133 Å². The third-order valence-electron chi connectivity index (χ3n) is 3.87. The van der Waals surface area contributed by atoms with Gasteiger partial charge in [0.15, 0.2) is 11.5 Å². The number of imidazole rings is 1. The number of aryl methyl sites for hydroxylation is 1. The Hall–Kier alpha value is -1.44.